The van der Waals surface area contributed by atoms with Crippen LogP contribution in [0.3, 0.4) is 0 Å². The maximum Gasteiger partial charge on any atom is 0.266 e. The molecule has 0 aromatic heterocycles. The van der Waals surface area contributed by atoms with Crippen molar-refractivity contribution in [1.82, 2.24) is 4.90 Å². The Bertz CT molecular complexity index is 1210. The van der Waals surface area contributed by atoms with Crippen molar-refractivity contribution in [1.29, 1.82) is 0 Å². The van der Waals surface area contributed by atoms with Gasteiger partial charge in [-0.15, -0.1) is 0 Å². The molecule has 172 valence electrons. The summed E-state index contributed by atoms with van der Waals surface area (Å²) in [7, 11) is 1.60. The molecule has 1 heterocycles. The highest BCUT2D eigenvalue weighted by Crippen LogP contribution is 2.33. The van der Waals surface area contributed by atoms with Gasteiger partial charge < -0.3 is 10.1 Å². The van der Waals surface area contributed by atoms with Gasteiger partial charge >= 0.3 is 0 Å². The number of benzene rings is 3. The molecule has 1 N–H and O–H groups in total. The third kappa shape index (κ3) is 5.92. The Morgan fingerprint density at radius 2 is 1.68 bits per heavy atom. The Hall–Kier alpha value is -3.42. The largest absolute Gasteiger partial charge is 0.497 e. The SMILES string of the molecule is COc1ccc(NC(=O)CCCN2C(=O)/C(=C/c3ccc(-c4ccccc4)cc3)SC2=S)cc1. The molecule has 0 unspecified atom stereocenters. The number of hydrogen-bond donors (Lipinski definition) is 1. The molecular weight excluding hydrogens is 464 g/mol. The highest BCUT2D eigenvalue weighted by molar-refractivity contribution is 8.26. The molecule has 0 atom stereocenters. The lowest BCUT2D eigenvalue weighted by Crippen LogP contribution is -2.29. The van der Waals surface area contributed by atoms with E-state index in [9.17, 15) is 9.59 Å². The van der Waals surface area contributed by atoms with E-state index in [0.29, 0.717) is 34.3 Å². The molecule has 1 fully saturated rings. The molecule has 5 nitrogen and oxygen atoms in total. The van der Waals surface area contributed by atoms with Crippen LogP contribution in [0.25, 0.3) is 17.2 Å². The number of rotatable bonds is 8. The predicted octanol–water partition coefficient (Wildman–Crippen LogP) is 5.98. The first-order chi connectivity index (χ1) is 16.5. The van der Waals surface area contributed by atoms with Gasteiger partial charge in [0.25, 0.3) is 5.91 Å². The lowest BCUT2D eigenvalue weighted by molar-refractivity contribution is -0.122. The number of carbonyl (C=O) groups is 2. The van der Waals surface area contributed by atoms with Gasteiger partial charge in [0.2, 0.25) is 5.91 Å². The van der Waals surface area contributed by atoms with E-state index in [2.05, 4.69) is 17.4 Å². The standard InChI is InChI=1S/C27H24N2O3S2/c1-32-23-15-13-22(14-16-23)28-25(30)8-5-17-29-26(31)24(34-27(29)33)18-19-9-11-21(12-10-19)20-6-3-2-4-7-20/h2-4,6-7,9-16,18H,5,8,17H2,1H3,(H,28,30)/b24-18-. The molecule has 2 amide bonds. The highest BCUT2D eigenvalue weighted by Gasteiger charge is 2.31. The first-order valence-electron chi connectivity index (χ1n) is 10.9. The molecule has 7 heteroatoms. The lowest BCUT2D eigenvalue weighted by Gasteiger charge is -2.14. The third-order valence-electron chi connectivity index (χ3n) is 5.35. The summed E-state index contributed by atoms with van der Waals surface area (Å²) in [5.74, 6) is 0.509. The topological polar surface area (TPSA) is 58.6 Å². The molecule has 4 rings (SSSR count). The maximum absolute atomic E-state index is 12.9. The third-order valence-corrected chi connectivity index (χ3v) is 6.73. The monoisotopic (exact) mass is 488 g/mol. The van der Waals surface area contributed by atoms with Crippen LogP contribution in [-0.4, -0.2) is 34.7 Å². The number of amides is 2. The van der Waals surface area contributed by atoms with Gasteiger partial charge in [0.05, 0.1) is 12.0 Å². The number of ether oxygens (including phenoxy) is 1. The van der Waals surface area contributed by atoms with E-state index in [1.807, 2.05) is 48.5 Å². The van der Waals surface area contributed by atoms with Gasteiger partial charge in [-0.3, -0.25) is 14.5 Å². The van der Waals surface area contributed by atoms with E-state index in [1.165, 1.54) is 11.8 Å². The zero-order chi connectivity index (χ0) is 23.9. The van der Waals surface area contributed by atoms with E-state index >= 15 is 0 Å². The van der Waals surface area contributed by atoms with Gasteiger partial charge in [0, 0.05) is 18.7 Å². The molecule has 34 heavy (non-hydrogen) atoms. The first-order valence-corrected chi connectivity index (χ1v) is 12.1. The summed E-state index contributed by atoms with van der Waals surface area (Å²) in [6, 6.07) is 25.4. The summed E-state index contributed by atoms with van der Waals surface area (Å²) in [6.07, 6.45) is 2.68. The van der Waals surface area contributed by atoms with Crippen LogP contribution in [-0.2, 0) is 9.59 Å². The molecule has 0 radical (unpaired) electrons. The van der Waals surface area contributed by atoms with Gasteiger partial charge in [-0.25, -0.2) is 0 Å². The quantitative estimate of drug-likeness (QED) is 0.312. The number of nitrogens with one attached hydrogen (secondary N) is 1. The number of carbonyl (C=O) groups excluding carboxylic acids is 2. The molecule has 1 saturated heterocycles. The van der Waals surface area contributed by atoms with Crippen LogP contribution in [0, 0.1) is 0 Å². The Balaban J connectivity index is 1.30. The average molecular weight is 489 g/mol. The second kappa shape index (κ2) is 11.1. The number of nitrogens with zero attached hydrogens (tertiary/aromatic N) is 1. The minimum Gasteiger partial charge on any atom is -0.497 e. The van der Waals surface area contributed by atoms with Crippen molar-refractivity contribution >= 4 is 51.9 Å². The Morgan fingerprint density at radius 1 is 1.00 bits per heavy atom. The van der Waals surface area contributed by atoms with E-state index in [1.54, 1.807) is 36.3 Å². The molecule has 1 aliphatic rings. The van der Waals surface area contributed by atoms with E-state index in [-0.39, 0.29) is 11.8 Å². The summed E-state index contributed by atoms with van der Waals surface area (Å²) in [6.45, 7) is 0.408. The van der Waals surface area contributed by atoms with Crippen LogP contribution >= 0.6 is 24.0 Å². The van der Waals surface area contributed by atoms with Crippen molar-refractivity contribution in [2.24, 2.45) is 0 Å². The minimum absolute atomic E-state index is 0.107. The van der Waals surface area contributed by atoms with Crippen LogP contribution in [0.1, 0.15) is 18.4 Å². The second-order valence-electron chi connectivity index (χ2n) is 7.70. The van der Waals surface area contributed by atoms with Gasteiger partial charge in [0.1, 0.15) is 10.1 Å². The summed E-state index contributed by atoms with van der Waals surface area (Å²) in [5.41, 5.74) is 3.92. The van der Waals surface area contributed by atoms with E-state index < -0.39 is 0 Å². The number of thiocarbonyl (C=S) groups is 1. The summed E-state index contributed by atoms with van der Waals surface area (Å²) >= 11 is 6.72. The van der Waals surface area contributed by atoms with Crippen LogP contribution in [0.2, 0.25) is 0 Å². The van der Waals surface area contributed by atoms with Crippen LogP contribution < -0.4 is 10.1 Å². The zero-order valence-corrected chi connectivity index (χ0v) is 20.3. The predicted molar refractivity (Wildman–Crippen MR) is 143 cm³/mol. The van der Waals surface area contributed by atoms with Crippen molar-refractivity contribution in [3.05, 3.63) is 89.3 Å². The summed E-state index contributed by atoms with van der Waals surface area (Å²) < 4.78 is 5.64. The fraction of sp³-hybridized carbons (Fsp3) is 0.148. The summed E-state index contributed by atoms with van der Waals surface area (Å²) in [5, 5.41) is 2.85. The van der Waals surface area contributed by atoms with Crippen LogP contribution in [0.4, 0.5) is 5.69 Å². The molecule has 0 aliphatic carbocycles. The fourth-order valence-corrected chi connectivity index (χ4v) is 4.85. The van der Waals surface area contributed by atoms with E-state index in [0.717, 1.165) is 22.4 Å². The Labute approximate surface area is 208 Å². The van der Waals surface area contributed by atoms with E-state index in [4.69, 9.17) is 17.0 Å². The molecule has 3 aromatic rings. The number of anilines is 1. The molecule has 0 saturated carbocycles. The number of methoxy groups -OCH3 is 1. The second-order valence-corrected chi connectivity index (χ2v) is 9.38. The fourth-order valence-electron chi connectivity index (χ4n) is 3.54. The molecular formula is C27H24N2O3S2. The Morgan fingerprint density at radius 3 is 2.35 bits per heavy atom. The zero-order valence-electron chi connectivity index (χ0n) is 18.7. The average Bonchev–Trinajstić information content (AvgIpc) is 3.13. The van der Waals surface area contributed by atoms with Gasteiger partial charge in [-0.2, -0.15) is 0 Å². The van der Waals surface area contributed by atoms with Crippen molar-refractivity contribution in [2.45, 2.75) is 12.8 Å². The lowest BCUT2D eigenvalue weighted by atomic mass is 10.0. The molecule has 0 bridgehead atoms. The Kier molecular flexibility index (Phi) is 7.77. The van der Waals surface area contributed by atoms with Crippen molar-refractivity contribution in [3.63, 3.8) is 0 Å². The van der Waals surface area contributed by atoms with Crippen molar-refractivity contribution < 1.29 is 14.3 Å². The van der Waals surface area contributed by atoms with Gasteiger partial charge in [0.15, 0.2) is 0 Å². The number of hydrogen-bond acceptors (Lipinski definition) is 5. The summed E-state index contributed by atoms with van der Waals surface area (Å²) in [4.78, 5) is 27.3. The smallest absolute Gasteiger partial charge is 0.266 e. The minimum atomic E-state index is -0.113. The van der Waals surface area contributed by atoms with Gasteiger partial charge in [-0.05, 0) is 53.5 Å². The van der Waals surface area contributed by atoms with Crippen molar-refractivity contribution in [2.75, 3.05) is 19.0 Å². The number of thioether (sulfide) groups is 1. The van der Waals surface area contributed by atoms with Crippen molar-refractivity contribution in [3.8, 4) is 16.9 Å². The maximum atomic E-state index is 12.9. The van der Waals surface area contributed by atoms with Crippen LogP contribution in [0.15, 0.2) is 83.8 Å². The molecule has 3 aromatic carbocycles. The normalized spacial score (nSPS) is 14.5. The van der Waals surface area contributed by atoms with Crippen LogP contribution in [0.5, 0.6) is 5.75 Å². The first kappa shape index (κ1) is 23.7. The molecule has 0 spiro atoms. The van der Waals surface area contributed by atoms with Gasteiger partial charge in [-0.1, -0.05) is 78.6 Å². The highest BCUT2D eigenvalue weighted by atomic mass is 32.2. The molecule has 1 aliphatic heterocycles.